The molecule has 0 atom stereocenters. The van der Waals surface area contributed by atoms with Gasteiger partial charge in [0.25, 0.3) is 10.1 Å². The molecule has 0 aliphatic rings. The van der Waals surface area contributed by atoms with E-state index in [1.165, 1.54) is 71.1 Å². The molecule has 0 aliphatic heterocycles. The van der Waals surface area contributed by atoms with Crippen LogP contribution in [0.15, 0.2) is 0 Å². The quantitative estimate of drug-likeness (QED) is 0.205. The molecule has 0 aromatic heterocycles. The van der Waals surface area contributed by atoms with Gasteiger partial charge in [-0.2, -0.15) is 8.42 Å². The highest BCUT2D eigenvalue weighted by atomic mass is 32.2. The Morgan fingerprint density at radius 3 is 1.79 bits per heavy atom. The lowest BCUT2D eigenvalue weighted by atomic mass is 10.1. The van der Waals surface area contributed by atoms with E-state index in [-0.39, 0.29) is 18.1 Å². The molecule has 0 unspecified atom stereocenters. The van der Waals surface area contributed by atoms with E-state index in [2.05, 4.69) is 21.0 Å². The van der Waals surface area contributed by atoms with Gasteiger partial charge in [-0.15, -0.1) is 0 Å². The third-order valence-corrected chi connectivity index (χ3v) is 6.17. The van der Waals surface area contributed by atoms with E-state index in [0.717, 1.165) is 17.6 Å². The smallest absolute Gasteiger partial charge is 0.264 e. The van der Waals surface area contributed by atoms with Gasteiger partial charge in [0.2, 0.25) is 5.91 Å². The van der Waals surface area contributed by atoms with Crippen molar-refractivity contribution in [2.75, 3.05) is 46.0 Å². The van der Waals surface area contributed by atoms with Crippen molar-refractivity contribution >= 4 is 16.0 Å². The number of likely N-dealkylation sites (N-methyl/N-ethyl adjacent to an activating group) is 1. The molecule has 28 heavy (non-hydrogen) atoms. The Morgan fingerprint density at radius 1 is 0.821 bits per heavy atom. The number of nitrogens with zero attached hydrogens (tertiary/aromatic N) is 2. The molecule has 7 heteroatoms. The van der Waals surface area contributed by atoms with Crippen LogP contribution >= 0.6 is 0 Å². The van der Waals surface area contributed by atoms with Gasteiger partial charge in [0, 0.05) is 13.5 Å². The molecule has 0 fully saturated rings. The molecule has 0 saturated heterocycles. The largest absolute Gasteiger partial charge is 0.337 e. The summed E-state index contributed by atoms with van der Waals surface area (Å²) in [4.78, 5) is 13.5. The minimum Gasteiger partial charge on any atom is -0.337 e. The molecular formula is C21H45N2O4S+. The fraction of sp³-hybridized carbons (Fsp3) is 0.952. The maximum Gasteiger partial charge on any atom is 0.264 e. The summed E-state index contributed by atoms with van der Waals surface area (Å²) >= 11 is 0. The maximum atomic E-state index is 11.8. The van der Waals surface area contributed by atoms with E-state index in [4.69, 9.17) is 4.55 Å². The molecule has 0 bridgehead atoms. The summed E-state index contributed by atoms with van der Waals surface area (Å²) in [6.45, 7) is 6.69. The summed E-state index contributed by atoms with van der Waals surface area (Å²) < 4.78 is 31.3. The molecule has 0 aromatic carbocycles. The summed E-state index contributed by atoms with van der Waals surface area (Å²) in [5.41, 5.74) is 0. The molecule has 0 heterocycles. The van der Waals surface area contributed by atoms with Crippen LogP contribution in [0.1, 0.15) is 84.5 Å². The Hall–Kier alpha value is -0.660. The maximum absolute atomic E-state index is 11.8. The zero-order valence-corrected chi connectivity index (χ0v) is 19.6. The molecule has 0 radical (unpaired) electrons. The van der Waals surface area contributed by atoms with Crippen LogP contribution in [-0.2, 0) is 14.9 Å². The van der Waals surface area contributed by atoms with Crippen LogP contribution in [0, 0.1) is 0 Å². The first-order chi connectivity index (χ1) is 13.1. The molecule has 168 valence electrons. The summed E-state index contributed by atoms with van der Waals surface area (Å²) in [5, 5.41) is 0. The number of carbonyl (C=O) groups is 1. The van der Waals surface area contributed by atoms with E-state index >= 15 is 0 Å². The molecule has 6 nitrogen and oxygen atoms in total. The molecule has 0 saturated carbocycles. The molecule has 1 N–H and O–H groups in total. The second-order valence-electron chi connectivity index (χ2n) is 8.71. The van der Waals surface area contributed by atoms with Crippen LogP contribution in [0.25, 0.3) is 0 Å². The lowest BCUT2D eigenvalue weighted by molar-refractivity contribution is -0.889. The second-order valence-corrected chi connectivity index (χ2v) is 10.3. The minimum atomic E-state index is -3.96. The Morgan fingerprint density at radius 2 is 1.32 bits per heavy atom. The summed E-state index contributed by atoms with van der Waals surface area (Å²) in [7, 11) is 0.411. The molecular weight excluding hydrogens is 376 g/mol. The highest BCUT2D eigenvalue weighted by Gasteiger charge is 2.18. The number of amides is 1. The predicted molar refractivity (Wildman–Crippen MR) is 117 cm³/mol. The lowest BCUT2D eigenvalue weighted by Gasteiger charge is -2.32. The van der Waals surface area contributed by atoms with E-state index < -0.39 is 10.1 Å². The van der Waals surface area contributed by atoms with Crippen molar-refractivity contribution in [1.82, 2.24) is 4.90 Å². The van der Waals surface area contributed by atoms with Gasteiger partial charge < -0.3 is 9.38 Å². The van der Waals surface area contributed by atoms with E-state index in [0.29, 0.717) is 13.1 Å². The van der Waals surface area contributed by atoms with Crippen molar-refractivity contribution in [2.45, 2.75) is 84.5 Å². The highest BCUT2D eigenvalue weighted by Crippen LogP contribution is 2.12. The van der Waals surface area contributed by atoms with Gasteiger partial charge in [0.15, 0.2) is 0 Å². The fourth-order valence-electron chi connectivity index (χ4n) is 3.40. The van der Waals surface area contributed by atoms with Crippen molar-refractivity contribution < 1.29 is 22.2 Å². The molecule has 0 rings (SSSR count). The first kappa shape index (κ1) is 27.3. The molecule has 0 spiro atoms. The summed E-state index contributed by atoms with van der Waals surface area (Å²) in [6, 6.07) is 0. The number of quaternary nitrogens is 1. The third kappa shape index (κ3) is 17.4. The van der Waals surface area contributed by atoms with Crippen molar-refractivity contribution in [3.63, 3.8) is 0 Å². The Kier molecular flexibility index (Phi) is 14.9. The van der Waals surface area contributed by atoms with Crippen LogP contribution in [0.5, 0.6) is 0 Å². The van der Waals surface area contributed by atoms with Gasteiger partial charge in [0.1, 0.15) is 0 Å². The summed E-state index contributed by atoms with van der Waals surface area (Å²) in [6.07, 6.45) is 13.6. The van der Waals surface area contributed by atoms with E-state index in [9.17, 15) is 13.2 Å². The van der Waals surface area contributed by atoms with E-state index in [1.54, 1.807) is 4.90 Å². The Balaban J connectivity index is 3.90. The van der Waals surface area contributed by atoms with Crippen molar-refractivity contribution in [3.05, 3.63) is 0 Å². The highest BCUT2D eigenvalue weighted by molar-refractivity contribution is 7.85. The number of carbonyl (C=O) groups excluding carboxylic acids is 1. The first-order valence-corrected chi connectivity index (χ1v) is 12.7. The van der Waals surface area contributed by atoms with Crippen molar-refractivity contribution in [1.29, 1.82) is 0 Å². The topological polar surface area (TPSA) is 74.7 Å². The number of unbranched alkanes of at least 4 members (excludes halogenated alkanes) is 9. The van der Waals surface area contributed by atoms with Crippen LogP contribution in [-0.4, -0.2) is 74.3 Å². The molecule has 1 amide bonds. The number of hydrogen-bond donors (Lipinski definition) is 1. The van der Waals surface area contributed by atoms with Crippen molar-refractivity contribution in [3.8, 4) is 0 Å². The van der Waals surface area contributed by atoms with Gasteiger partial charge in [-0.1, -0.05) is 58.3 Å². The SMILES string of the molecule is CCCCCCCCCCCC[N+](C)(C)CCN(CCCS(=O)(=O)O)C(C)=O. The lowest BCUT2D eigenvalue weighted by Crippen LogP contribution is -2.47. The first-order valence-electron chi connectivity index (χ1n) is 11.1. The van der Waals surface area contributed by atoms with Gasteiger partial charge in [-0.05, 0) is 19.3 Å². The standard InChI is InChI=1S/C21H44N2O4S/c1-5-6-7-8-9-10-11-12-13-14-18-23(3,4)19-17-22(21(2)24)16-15-20-28(25,26)27/h5-20H2,1-4H3/p+1. The van der Waals surface area contributed by atoms with Gasteiger partial charge >= 0.3 is 0 Å². The predicted octanol–water partition coefficient (Wildman–Crippen LogP) is 4.11. The van der Waals surface area contributed by atoms with Crippen LogP contribution in [0.4, 0.5) is 0 Å². The average molecular weight is 422 g/mol. The zero-order chi connectivity index (χ0) is 21.5. The molecule has 0 aliphatic carbocycles. The number of hydrogen-bond acceptors (Lipinski definition) is 3. The number of rotatable bonds is 18. The average Bonchev–Trinajstić information content (AvgIpc) is 2.58. The minimum absolute atomic E-state index is 0.0470. The third-order valence-electron chi connectivity index (χ3n) is 5.37. The normalized spacial score (nSPS) is 12.3. The van der Waals surface area contributed by atoms with Crippen molar-refractivity contribution in [2.24, 2.45) is 0 Å². The molecule has 0 aromatic rings. The van der Waals surface area contributed by atoms with E-state index in [1.807, 2.05) is 0 Å². The van der Waals surface area contributed by atoms with Crippen LogP contribution in [0.2, 0.25) is 0 Å². The fourth-order valence-corrected chi connectivity index (χ4v) is 3.89. The van der Waals surface area contributed by atoms with Gasteiger partial charge in [-0.25, -0.2) is 0 Å². The second kappa shape index (κ2) is 15.2. The zero-order valence-electron chi connectivity index (χ0n) is 18.8. The summed E-state index contributed by atoms with van der Waals surface area (Å²) in [5.74, 6) is -0.345. The monoisotopic (exact) mass is 421 g/mol. The van der Waals surface area contributed by atoms with Gasteiger partial charge in [0.05, 0.1) is 39.5 Å². The van der Waals surface area contributed by atoms with Gasteiger partial charge in [-0.3, -0.25) is 9.35 Å². The Bertz CT molecular complexity index is 507. The van der Waals surface area contributed by atoms with Crippen LogP contribution < -0.4 is 0 Å². The van der Waals surface area contributed by atoms with Crippen LogP contribution in [0.3, 0.4) is 0 Å². The Labute approximate surface area is 174 Å².